The van der Waals surface area contributed by atoms with Gasteiger partial charge in [-0.15, -0.1) is 0 Å². The highest BCUT2D eigenvalue weighted by Crippen LogP contribution is 2.46. The summed E-state index contributed by atoms with van der Waals surface area (Å²) in [6.45, 7) is 0. The second kappa shape index (κ2) is 10.9. The van der Waals surface area contributed by atoms with E-state index in [2.05, 4.69) is 182 Å². The van der Waals surface area contributed by atoms with Gasteiger partial charge in [-0.1, -0.05) is 158 Å². The van der Waals surface area contributed by atoms with Crippen molar-refractivity contribution in [3.8, 4) is 33.4 Å². The van der Waals surface area contributed by atoms with E-state index < -0.39 is 0 Å². The Hall–Kier alpha value is -6.70. The van der Waals surface area contributed by atoms with Gasteiger partial charge in [0, 0.05) is 16.2 Å². The van der Waals surface area contributed by atoms with Crippen LogP contribution in [-0.2, 0) is 0 Å². The molecule has 0 saturated carbocycles. The summed E-state index contributed by atoms with van der Waals surface area (Å²) in [5.41, 5.74) is 9.15. The molecule has 0 N–H and O–H groups in total. The molecule has 0 unspecified atom stereocenters. The monoisotopic (exact) mass is 646 g/mol. The summed E-state index contributed by atoms with van der Waals surface area (Å²) in [7, 11) is 0. The molecule has 10 aromatic carbocycles. The van der Waals surface area contributed by atoms with Crippen molar-refractivity contribution in [3.05, 3.63) is 182 Å². The zero-order chi connectivity index (χ0) is 33.5. The largest absolute Gasteiger partial charge is 0.455 e. The van der Waals surface area contributed by atoms with Gasteiger partial charge in [0.15, 0.2) is 0 Å². The maximum Gasteiger partial charge on any atom is 0.143 e. The van der Waals surface area contributed by atoms with E-state index in [9.17, 15) is 0 Å². The summed E-state index contributed by atoms with van der Waals surface area (Å²) >= 11 is 0. The van der Waals surface area contributed by atoms with Crippen LogP contribution in [-0.4, -0.2) is 0 Å². The van der Waals surface area contributed by atoms with E-state index >= 15 is 0 Å². The molecular formula is C50H30O. The molecule has 236 valence electrons. The molecule has 0 fully saturated rings. The second-order valence-electron chi connectivity index (χ2n) is 13.6. The van der Waals surface area contributed by atoms with Crippen LogP contribution in [0.1, 0.15) is 0 Å². The highest BCUT2D eigenvalue weighted by atomic mass is 16.3. The average molecular weight is 647 g/mol. The minimum Gasteiger partial charge on any atom is -0.455 e. The van der Waals surface area contributed by atoms with E-state index in [0.717, 1.165) is 27.5 Å². The van der Waals surface area contributed by atoms with Crippen molar-refractivity contribution in [2.24, 2.45) is 0 Å². The molecule has 51 heavy (non-hydrogen) atoms. The highest BCUT2D eigenvalue weighted by Gasteiger charge is 2.20. The fourth-order valence-corrected chi connectivity index (χ4v) is 8.53. The second-order valence-corrected chi connectivity index (χ2v) is 13.6. The lowest BCUT2D eigenvalue weighted by Crippen LogP contribution is -1.91. The Bertz CT molecular complexity index is 3140. The maximum absolute atomic E-state index is 6.84. The minimum absolute atomic E-state index is 0.907. The molecule has 0 radical (unpaired) electrons. The molecule has 0 saturated heterocycles. The number of hydrogen-bond acceptors (Lipinski definition) is 1. The summed E-state index contributed by atoms with van der Waals surface area (Å²) in [5.74, 6) is 0. The fraction of sp³-hybridized carbons (Fsp3) is 0. The van der Waals surface area contributed by atoms with Crippen LogP contribution in [0.2, 0.25) is 0 Å². The maximum atomic E-state index is 6.84. The van der Waals surface area contributed by atoms with Gasteiger partial charge in [-0.2, -0.15) is 0 Å². The summed E-state index contributed by atoms with van der Waals surface area (Å²) < 4.78 is 6.84. The summed E-state index contributed by atoms with van der Waals surface area (Å²) in [6, 6.07) is 66.2. The van der Waals surface area contributed by atoms with Crippen LogP contribution in [0.4, 0.5) is 0 Å². The van der Waals surface area contributed by atoms with Gasteiger partial charge >= 0.3 is 0 Å². The number of fused-ring (bicyclic) bond motifs is 11. The highest BCUT2D eigenvalue weighted by molar-refractivity contribution is 6.30. The molecule has 0 aliphatic rings. The molecule has 1 heterocycles. The molecule has 11 aromatic rings. The topological polar surface area (TPSA) is 13.1 Å². The Morgan fingerprint density at radius 1 is 0.275 bits per heavy atom. The normalized spacial score (nSPS) is 11.9. The zero-order valence-corrected chi connectivity index (χ0v) is 27.7. The Balaban J connectivity index is 1.15. The molecular weight excluding hydrogens is 617 g/mol. The molecule has 0 bridgehead atoms. The van der Waals surface area contributed by atoms with Crippen molar-refractivity contribution >= 4 is 75.8 Å². The van der Waals surface area contributed by atoms with Gasteiger partial charge in [0.05, 0.1) is 0 Å². The first-order chi connectivity index (χ1) is 25.3. The molecule has 1 aromatic heterocycles. The van der Waals surface area contributed by atoms with Gasteiger partial charge in [-0.25, -0.2) is 0 Å². The van der Waals surface area contributed by atoms with Crippen molar-refractivity contribution in [3.63, 3.8) is 0 Å². The van der Waals surface area contributed by atoms with Crippen molar-refractivity contribution in [2.75, 3.05) is 0 Å². The first-order valence-electron chi connectivity index (χ1n) is 17.6. The van der Waals surface area contributed by atoms with Crippen molar-refractivity contribution in [1.29, 1.82) is 0 Å². The first-order valence-corrected chi connectivity index (χ1v) is 17.6. The third kappa shape index (κ3) is 4.22. The first kappa shape index (κ1) is 28.2. The van der Waals surface area contributed by atoms with E-state index in [4.69, 9.17) is 4.42 Å². The lowest BCUT2D eigenvalue weighted by Gasteiger charge is -2.18. The van der Waals surface area contributed by atoms with Gasteiger partial charge in [-0.05, 0) is 106 Å². The number of benzene rings is 10. The number of hydrogen-bond donors (Lipinski definition) is 0. The molecule has 0 atom stereocenters. The molecule has 0 spiro atoms. The van der Waals surface area contributed by atoms with Gasteiger partial charge < -0.3 is 4.42 Å². The van der Waals surface area contributed by atoms with Crippen molar-refractivity contribution in [1.82, 2.24) is 0 Å². The third-order valence-electron chi connectivity index (χ3n) is 10.8. The van der Waals surface area contributed by atoms with E-state index in [-0.39, 0.29) is 0 Å². The smallest absolute Gasteiger partial charge is 0.143 e. The standard InChI is InChI=1S/C50H30O/c1-2-13-32-28-34(25-24-31(32)12-1)33-14-11-15-35(29-33)47-40-19-6-8-21-42(40)48(43-22-9-7-20-41(43)47)36-26-27-45-46(30-36)51-50-44-23-10-4-17-38(44)37-16-3-5-18-39(37)49(45)50/h1-30H. The predicted molar refractivity (Wildman–Crippen MR) is 218 cm³/mol. The summed E-state index contributed by atoms with van der Waals surface area (Å²) in [6.07, 6.45) is 0. The molecule has 1 nitrogen and oxygen atoms in total. The van der Waals surface area contributed by atoms with Crippen LogP contribution in [0.15, 0.2) is 186 Å². The lowest BCUT2D eigenvalue weighted by atomic mass is 9.85. The SMILES string of the molecule is c1cc(-c2ccc3ccccc3c2)cc(-c2c3ccccc3c(-c3ccc4c(c3)oc3c5ccccc5c5ccccc5c43)c3ccccc23)c1. The van der Waals surface area contributed by atoms with E-state index in [0.29, 0.717) is 0 Å². The van der Waals surface area contributed by atoms with Crippen LogP contribution in [0.3, 0.4) is 0 Å². The summed E-state index contributed by atoms with van der Waals surface area (Å²) in [5, 5.41) is 14.6. The Kier molecular flexibility index (Phi) is 6.02. The van der Waals surface area contributed by atoms with Crippen molar-refractivity contribution in [2.45, 2.75) is 0 Å². The number of furan rings is 1. The van der Waals surface area contributed by atoms with Gasteiger partial charge in [0.25, 0.3) is 0 Å². The minimum atomic E-state index is 0.907. The predicted octanol–water partition coefficient (Wildman–Crippen LogP) is 14.4. The van der Waals surface area contributed by atoms with Crippen molar-refractivity contribution < 1.29 is 4.42 Å². The molecule has 0 aliphatic heterocycles. The molecule has 0 aliphatic carbocycles. The van der Waals surface area contributed by atoms with Crippen LogP contribution >= 0.6 is 0 Å². The van der Waals surface area contributed by atoms with E-state index in [1.807, 2.05) is 0 Å². The fourth-order valence-electron chi connectivity index (χ4n) is 8.53. The Labute approximate surface area is 294 Å². The van der Waals surface area contributed by atoms with Gasteiger partial charge in [0.1, 0.15) is 11.2 Å². The third-order valence-corrected chi connectivity index (χ3v) is 10.8. The zero-order valence-electron chi connectivity index (χ0n) is 27.7. The molecule has 1 heteroatoms. The Morgan fingerprint density at radius 2 is 0.765 bits per heavy atom. The summed E-state index contributed by atoms with van der Waals surface area (Å²) in [4.78, 5) is 0. The van der Waals surface area contributed by atoms with Gasteiger partial charge in [0.2, 0.25) is 0 Å². The molecule has 11 rings (SSSR count). The quantitative estimate of drug-likeness (QED) is 0.138. The van der Waals surface area contributed by atoms with Crippen LogP contribution in [0.25, 0.3) is 109 Å². The lowest BCUT2D eigenvalue weighted by molar-refractivity contribution is 0.673. The van der Waals surface area contributed by atoms with Crippen LogP contribution < -0.4 is 0 Å². The van der Waals surface area contributed by atoms with Gasteiger partial charge in [-0.3, -0.25) is 0 Å². The average Bonchev–Trinajstić information content (AvgIpc) is 3.59. The van der Waals surface area contributed by atoms with Crippen LogP contribution in [0, 0.1) is 0 Å². The van der Waals surface area contributed by atoms with E-state index in [1.165, 1.54) is 81.7 Å². The Morgan fingerprint density at radius 3 is 1.45 bits per heavy atom. The number of rotatable bonds is 3. The van der Waals surface area contributed by atoms with E-state index in [1.54, 1.807) is 0 Å². The molecule has 0 amide bonds. The van der Waals surface area contributed by atoms with Crippen LogP contribution in [0.5, 0.6) is 0 Å².